The van der Waals surface area contributed by atoms with E-state index in [0.717, 1.165) is 13.0 Å². The lowest BCUT2D eigenvalue weighted by Crippen LogP contribution is -2.51. The van der Waals surface area contributed by atoms with Crippen molar-refractivity contribution in [3.05, 3.63) is 0 Å². The fourth-order valence-corrected chi connectivity index (χ4v) is 2.06. The molecule has 1 saturated heterocycles. The van der Waals surface area contributed by atoms with Gasteiger partial charge in [0.2, 0.25) is 5.91 Å². The fourth-order valence-electron chi connectivity index (χ4n) is 2.06. The second kappa shape index (κ2) is 5.04. The second-order valence-electron chi connectivity index (χ2n) is 5.89. The van der Waals surface area contributed by atoms with Crippen molar-refractivity contribution in [3.8, 4) is 0 Å². The fraction of sp³-hybridized carbons (Fsp3) is 0.833. The summed E-state index contributed by atoms with van der Waals surface area (Å²) < 4.78 is 0. The minimum Gasteiger partial charge on any atom is -0.480 e. The van der Waals surface area contributed by atoms with E-state index < -0.39 is 17.4 Å². The van der Waals surface area contributed by atoms with E-state index in [1.807, 2.05) is 27.8 Å². The molecule has 0 radical (unpaired) electrons. The summed E-state index contributed by atoms with van der Waals surface area (Å²) >= 11 is 0. The van der Waals surface area contributed by atoms with Crippen molar-refractivity contribution in [3.63, 3.8) is 0 Å². The van der Waals surface area contributed by atoms with E-state index in [4.69, 9.17) is 5.11 Å². The van der Waals surface area contributed by atoms with Crippen LogP contribution in [0, 0.1) is 11.3 Å². The van der Waals surface area contributed by atoms with Crippen LogP contribution in [0.4, 0.5) is 0 Å². The molecule has 1 fully saturated rings. The molecule has 1 heterocycles. The van der Waals surface area contributed by atoms with Gasteiger partial charge in [-0.25, -0.2) is 4.79 Å². The summed E-state index contributed by atoms with van der Waals surface area (Å²) in [7, 11) is 1.96. The number of hydrogen-bond donors (Lipinski definition) is 2. The third kappa shape index (κ3) is 3.70. The minimum atomic E-state index is -0.975. The van der Waals surface area contributed by atoms with Crippen LogP contribution in [0.5, 0.6) is 0 Å². The second-order valence-corrected chi connectivity index (χ2v) is 5.89. The van der Waals surface area contributed by atoms with Gasteiger partial charge in [0.05, 0.1) is 5.92 Å². The molecule has 0 aromatic carbocycles. The summed E-state index contributed by atoms with van der Waals surface area (Å²) in [6.07, 6.45) is 0.804. The van der Waals surface area contributed by atoms with Gasteiger partial charge in [0.15, 0.2) is 0 Å². The van der Waals surface area contributed by atoms with Gasteiger partial charge in [-0.1, -0.05) is 20.8 Å². The SMILES string of the molecule is CN1CCC(C(=O)N[C@@H](C(=O)O)C(C)(C)C)C1. The normalized spacial score (nSPS) is 23.4. The summed E-state index contributed by atoms with van der Waals surface area (Å²) in [4.78, 5) is 25.2. The number of nitrogens with one attached hydrogen (secondary N) is 1. The monoisotopic (exact) mass is 242 g/mol. The van der Waals surface area contributed by atoms with Gasteiger partial charge in [-0.05, 0) is 25.4 Å². The molecule has 98 valence electrons. The zero-order valence-electron chi connectivity index (χ0n) is 11.0. The van der Waals surface area contributed by atoms with Crippen LogP contribution < -0.4 is 5.32 Å². The minimum absolute atomic E-state index is 0.0794. The summed E-state index contributed by atoms with van der Waals surface area (Å²) in [5.74, 6) is -1.20. The Morgan fingerprint density at radius 3 is 2.35 bits per heavy atom. The molecule has 5 nitrogen and oxygen atoms in total. The average Bonchev–Trinajstić information content (AvgIpc) is 2.58. The van der Waals surface area contributed by atoms with Crippen molar-refractivity contribution in [2.24, 2.45) is 11.3 Å². The van der Waals surface area contributed by atoms with E-state index in [0.29, 0.717) is 6.54 Å². The Morgan fingerprint density at radius 2 is 2.00 bits per heavy atom. The zero-order chi connectivity index (χ0) is 13.2. The molecule has 1 aliphatic rings. The molecule has 0 spiro atoms. The van der Waals surface area contributed by atoms with Crippen LogP contribution in [0.2, 0.25) is 0 Å². The quantitative estimate of drug-likeness (QED) is 0.758. The molecule has 1 aliphatic heterocycles. The molecule has 1 rings (SSSR count). The largest absolute Gasteiger partial charge is 0.480 e. The Labute approximate surface area is 102 Å². The smallest absolute Gasteiger partial charge is 0.326 e. The van der Waals surface area contributed by atoms with Gasteiger partial charge >= 0.3 is 5.97 Å². The Morgan fingerprint density at radius 1 is 1.41 bits per heavy atom. The molecule has 0 aromatic rings. The molecule has 2 atom stereocenters. The first-order valence-electron chi connectivity index (χ1n) is 5.93. The number of likely N-dealkylation sites (tertiary alicyclic amines) is 1. The molecule has 2 N–H and O–H groups in total. The van der Waals surface area contributed by atoms with Crippen LogP contribution in [0.25, 0.3) is 0 Å². The third-order valence-electron chi connectivity index (χ3n) is 3.16. The van der Waals surface area contributed by atoms with Crippen LogP contribution in [-0.2, 0) is 9.59 Å². The van der Waals surface area contributed by atoms with Gasteiger partial charge < -0.3 is 15.3 Å². The van der Waals surface area contributed by atoms with E-state index in [-0.39, 0.29) is 11.8 Å². The van der Waals surface area contributed by atoms with Gasteiger partial charge in [-0.3, -0.25) is 4.79 Å². The molecule has 0 bridgehead atoms. The van der Waals surface area contributed by atoms with E-state index in [9.17, 15) is 9.59 Å². The van der Waals surface area contributed by atoms with Crippen molar-refractivity contribution >= 4 is 11.9 Å². The maximum Gasteiger partial charge on any atom is 0.326 e. The van der Waals surface area contributed by atoms with E-state index in [1.165, 1.54) is 0 Å². The summed E-state index contributed by atoms with van der Waals surface area (Å²) in [5.41, 5.74) is -0.480. The number of amides is 1. The molecule has 1 amide bonds. The Hall–Kier alpha value is -1.10. The standard InChI is InChI=1S/C12H22N2O3/c1-12(2,3)9(11(16)17)13-10(15)8-5-6-14(4)7-8/h8-9H,5-7H2,1-4H3,(H,13,15)(H,16,17)/t8?,9-/m0/s1. The van der Waals surface area contributed by atoms with E-state index in [1.54, 1.807) is 0 Å². The topological polar surface area (TPSA) is 69.6 Å². The first-order chi connectivity index (χ1) is 7.71. The highest BCUT2D eigenvalue weighted by Crippen LogP contribution is 2.21. The molecule has 0 aliphatic carbocycles. The first kappa shape index (κ1) is 14.0. The van der Waals surface area contributed by atoms with Gasteiger partial charge in [0.25, 0.3) is 0 Å². The van der Waals surface area contributed by atoms with Crippen LogP contribution >= 0.6 is 0 Å². The van der Waals surface area contributed by atoms with E-state index in [2.05, 4.69) is 10.2 Å². The third-order valence-corrected chi connectivity index (χ3v) is 3.16. The highest BCUT2D eigenvalue weighted by atomic mass is 16.4. The predicted molar refractivity (Wildman–Crippen MR) is 64.6 cm³/mol. The maximum atomic E-state index is 12.0. The molecule has 5 heteroatoms. The van der Waals surface area contributed by atoms with Gasteiger partial charge in [0, 0.05) is 6.54 Å². The summed E-state index contributed by atoms with van der Waals surface area (Å²) in [6, 6.07) is -0.832. The van der Waals surface area contributed by atoms with Gasteiger partial charge in [0.1, 0.15) is 6.04 Å². The highest BCUT2D eigenvalue weighted by molar-refractivity contribution is 5.85. The van der Waals surface area contributed by atoms with Gasteiger partial charge in [-0.15, -0.1) is 0 Å². The van der Waals surface area contributed by atoms with E-state index >= 15 is 0 Å². The number of hydrogen-bond acceptors (Lipinski definition) is 3. The number of nitrogens with zero attached hydrogens (tertiary/aromatic N) is 1. The number of carboxylic acid groups (broad SMARTS) is 1. The summed E-state index contributed by atoms with van der Waals surface area (Å²) in [6.45, 7) is 7.04. The lowest BCUT2D eigenvalue weighted by Gasteiger charge is -2.28. The number of carboxylic acids is 1. The first-order valence-corrected chi connectivity index (χ1v) is 5.93. The van der Waals surface area contributed by atoms with Crippen molar-refractivity contribution in [1.82, 2.24) is 10.2 Å². The molecule has 17 heavy (non-hydrogen) atoms. The average molecular weight is 242 g/mol. The van der Waals surface area contributed by atoms with Crippen molar-refractivity contribution in [2.45, 2.75) is 33.2 Å². The van der Waals surface area contributed by atoms with Crippen molar-refractivity contribution in [1.29, 1.82) is 0 Å². The van der Waals surface area contributed by atoms with Crippen LogP contribution in [0.15, 0.2) is 0 Å². The zero-order valence-corrected chi connectivity index (χ0v) is 11.0. The van der Waals surface area contributed by atoms with Crippen LogP contribution in [0.1, 0.15) is 27.2 Å². The lowest BCUT2D eigenvalue weighted by atomic mass is 9.86. The number of rotatable bonds is 3. The molecule has 0 aromatic heterocycles. The molecular weight excluding hydrogens is 220 g/mol. The lowest BCUT2D eigenvalue weighted by molar-refractivity contribution is -0.145. The summed E-state index contributed by atoms with van der Waals surface area (Å²) in [5, 5.41) is 11.8. The van der Waals surface area contributed by atoms with Crippen molar-refractivity contribution < 1.29 is 14.7 Å². The molecule has 1 unspecified atom stereocenters. The van der Waals surface area contributed by atoms with Crippen LogP contribution in [0.3, 0.4) is 0 Å². The van der Waals surface area contributed by atoms with Gasteiger partial charge in [-0.2, -0.15) is 0 Å². The maximum absolute atomic E-state index is 12.0. The predicted octanol–water partition coefficient (Wildman–Crippen LogP) is 0.554. The highest BCUT2D eigenvalue weighted by Gasteiger charge is 2.35. The van der Waals surface area contributed by atoms with Crippen molar-refractivity contribution in [2.75, 3.05) is 20.1 Å². The van der Waals surface area contributed by atoms with Crippen LogP contribution in [-0.4, -0.2) is 48.1 Å². The molecular formula is C12H22N2O3. The number of carbonyl (C=O) groups excluding carboxylic acids is 1. The molecule has 0 saturated carbocycles. The number of aliphatic carboxylic acids is 1. The number of carbonyl (C=O) groups is 2. The Balaban J connectivity index is 2.62. The Bertz CT molecular complexity index is 309. The Kier molecular flexibility index (Phi) is 4.14.